The van der Waals surface area contributed by atoms with E-state index in [0.717, 1.165) is 25.8 Å². The van der Waals surface area contributed by atoms with Gasteiger partial charge >= 0.3 is 0 Å². The molecule has 0 amide bonds. The number of hydrogen-bond donors (Lipinski definition) is 2. The van der Waals surface area contributed by atoms with Crippen LogP contribution in [-0.2, 0) is 5.54 Å². The summed E-state index contributed by atoms with van der Waals surface area (Å²) in [5.74, 6) is 0. The lowest BCUT2D eigenvalue weighted by Crippen LogP contribution is -2.43. The smallest absolute Gasteiger partial charge is 0.0453 e. The zero-order valence-electron chi connectivity index (χ0n) is 11.3. The molecule has 0 saturated heterocycles. The number of hydrogen-bond acceptors (Lipinski definition) is 2. The molecule has 0 fully saturated rings. The standard InChI is InChI=1S/C15H25NO/c1-4-11-16-15(5-2,10-12-17)14-8-6-13(3)7-9-14/h6-9,16-17H,4-5,10-12H2,1-3H3. The number of aliphatic hydroxyl groups excluding tert-OH is 1. The van der Waals surface area contributed by atoms with E-state index in [1.807, 2.05) is 0 Å². The van der Waals surface area contributed by atoms with Crippen LogP contribution in [0.3, 0.4) is 0 Å². The quantitative estimate of drug-likeness (QED) is 0.761. The molecule has 0 spiro atoms. The van der Waals surface area contributed by atoms with E-state index in [1.165, 1.54) is 11.1 Å². The molecule has 17 heavy (non-hydrogen) atoms. The molecule has 0 aliphatic carbocycles. The fourth-order valence-corrected chi connectivity index (χ4v) is 2.27. The van der Waals surface area contributed by atoms with Crippen LogP contribution in [0.4, 0.5) is 0 Å². The highest BCUT2D eigenvalue weighted by Crippen LogP contribution is 2.28. The monoisotopic (exact) mass is 235 g/mol. The molecule has 0 radical (unpaired) electrons. The second-order valence-corrected chi connectivity index (χ2v) is 4.70. The maximum absolute atomic E-state index is 9.31. The second-order valence-electron chi connectivity index (χ2n) is 4.70. The van der Waals surface area contributed by atoms with Crippen molar-refractivity contribution >= 4 is 0 Å². The Labute approximate surface area is 105 Å². The van der Waals surface area contributed by atoms with Gasteiger partial charge in [-0.1, -0.05) is 43.7 Å². The molecule has 1 atom stereocenters. The predicted molar refractivity (Wildman–Crippen MR) is 73.1 cm³/mol. The molecule has 0 heterocycles. The Bertz CT molecular complexity index is 320. The largest absolute Gasteiger partial charge is 0.396 e. The Balaban J connectivity index is 2.97. The van der Waals surface area contributed by atoms with Crippen molar-refractivity contribution in [2.75, 3.05) is 13.2 Å². The van der Waals surface area contributed by atoms with Crippen LogP contribution < -0.4 is 5.32 Å². The summed E-state index contributed by atoms with van der Waals surface area (Å²) in [6, 6.07) is 8.64. The third kappa shape index (κ3) is 3.55. The summed E-state index contributed by atoms with van der Waals surface area (Å²) in [6.07, 6.45) is 2.88. The molecule has 1 aromatic carbocycles. The van der Waals surface area contributed by atoms with Gasteiger partial charge in [-0.2, -0.15) is 0 Å². The number of aliphatic hydroxyl groups is 1. The van der Waals surface area contributed by atoms with Crippen molar-refractivity contribution in [2.24, 2.45) is 0 Å². The summed E-state index contributed by atoms with van der Waals surface area (Å²) in [7, 11) is 0. The van der Waals surface area contributed by atoms with Gasteiger partial charge in [0.1, 0.15) is 0 Å². The van der Waals surface area contributed by atoms with Crippen molar-refractivity contribution < 1.29 is 5.11 Å². The van der Waals surface area contributed by atoms with Gasteiger partial charge in [0.05, 0.1) is 0 Å². The lowest BCUT2D eigenvalue weighted by atomic mass is 9.84. The molecule has 2 nitrogen and oxygen atoms in total. The Morgan fingerprint density at radius 1 is 1.18 bits per heavy atom. The van der Waals surface area contributed by atoms with E-state index in [1.54, 1.807) is 0 Å². The van der Waals surface area contributed by atoms with Gasteiger partial charge in [0, 0.05) is 12.1 Å². The Hall–Kier alpha value is -0.860. The van der Waals surface area contributed by atoms with E-state index in [2.05, 4.69) is 50.4 Å². The molecule has 1 unspecified atom stereocenters. The normalized spacial score (nSPS) is 14.6. The van der Waals surface area contributed by atoms with E-state index in [0.29, 0.717) is 0 Å². The van der Waals surface area contributed by atoms with Crippen LogP contribution in [0.25, 0.3) is 0 Å². The van der Waals surface area contributed by atoms with Crippen LogP contribution in [0.1, 0.15) is 44.2 Å². The van der Waals surface area contributed by atoms with Gasteiger partial charge in [0.25, 0.3) is 0 Å². The molecule has 0 saturated carbocycles. The van der Waals surface area contributed by atoms with Crippen LogP contribution in [-0.4, -0.2) is 18.3 Å². The van der Waals surface area contributed by atoms with E-state index in [4.69, 9.17) is 0 Å². The molecule has 2 heteroatoms. The first-order chi connectivity index (χ1) is 8.18. The minimum atomic E-state index is -0.0710. The first-order valence-corrected chi connectivity index (χ1v) is 6.61. The highest BCUT2D eigenvalue weighted by molar-refractivity contribution is 5.28. The maximum Gasteiger partial charge on any atom is 0.0453 e. The number of nitrogens with one attached hydrogen (secondary N) is 1. The molecule has 0 aromatic heterocycles. The van der Waals surface area contributed by atoms with Crippen LogP contribution in [0.5, 0.6) is 0 Å². The van der Waals surface area contributed by atoms with E-state index < -0.39 is 0 Å². The molecule has 1 rings (SSSR count). The molecule has 0 aliphatic rings. The average molecular weight is 235 g/mol. The van der Waals surface area contributed by atoms with Gasteiger partial charge in [-0.3, -0.25) is 0 Å². The Morgan fingerprint density at radius 2 is 1.82 bits per heavy atom. The van der Waals surface area contributed by atoms with Crippen molar-refractivity contribution in [1.29, 1.82) is 0 Å². The molecule has 0 bridgehead atoms. The summed E-state index contributed by atoms with van der Waals surface area (Å²) >= 11 is 0. The fraction of sp³-hybridized carbons (Fsp3) is 0.600. The van der Waals surface area contributed by atoms with Crippen LogP contribution >= 0.6 is 0 Å². The van der Waals surface area contributed by atoms with Gasteiger partial charge < -0.3 is 10.4 Å². The first kappa shape index (κ1) is 14.2. The predicted octanol–water partition coefficient (Wildman–Crippen LogP) is 2.98. The van der Waals surface area contributed by atoms with E-state index in [-0.39, 0.29) is 12.1 Å². The molecule has 1 aromatic rings. The van der Waals surface area contributed by atoms with E-state index >= 15 is 0 Å². The van der Waals surface area contributed by atoms with Gasteiger partial charge in [0.2, 0.25) is 0 Å². The highest BCUT2D eigenvalue weighted by Gasteiger charge is 2.28. The third-order valence-electron chi connectivity index (χ3n) is 3.46. The van der Waals surface area contributed by atoms with E-state index in [9.17, 15) is 5.11 Å². The average Bonchev–Trinajstić information content (AvgIpc) is 2.36. The van der Waals surface area contributed by atoms with Crippen LogP contribution in [0.2, 0.25) is 0 Å². The summed E-state index contributed by atoms with van der Waals surface area (Å²) < 4.78 is 0. The van der Waals surface area contributed by atoms with Gasteiger partial charge in [-0.15, -0.1) is 0 Å². The number of aryl methyl sites for hydroxylation is 1. The summed E-state index contributed by atoms with van der Waals surface area (Å²) in [4.78, 5) is 0. The van der Waals surface area contributed by atoms with Crippen LogP contribution in [0.15, 0.2) is 24.3 Å². The lowest BCUT2D eigenvalue weighted by Gasteiger charge is -2.34. The van der Waals surface area contributed by atoms with Crippen molar-refractivity contribution in [2.45, 2.75) is 45.6 Å². The van der Waals surface area contributed by atoms with Crippen molar-refractivity contribution in [3.05, 3.63) is 35.4 Å². The summed E-state index contributed by atoms with van der Waals surface area (Å²) in [6.45, 7) is 7.66. The fourth-order valence-electron chi connectivity index (χ4n) is 2.27. The molecular weight excluding hydrogens is 210 g/mol. The van der Waals surface area contributed by atoms with Crippen molar-refractivity contribution in [1.82, 2.24) is 5.32 Å². The summed E-state index contributed by atoms with van der Waals surface area (Å²) in [5.41, 5.74) is 2.49. The minimum Gasteiger partial charge on any atom is -0.396 e. The molecular formula is C15H25NO. The second kappa shape index (κ2) is 6.77. The van der Waals surface area contributed by atoms with Crippen molar-refractivity contribution in [3.8, 4) is 0 Å². The number of rotatable bonds is 7. The van der Waals surface area contributed by atoms with Gasteiger partial charge in [-0.05, 0) is 38.3 Å². The SMILES string of the molecule is CCCNC(CC)(CCO)c1ccc(C)cc1. The minimum absolute atomic E-state index is 0.0710. The Kier molecular flexibility index (Phi) is 5.66. The first-order valence-electron chi connectivity index (χ1n) is 6.61. The zero-order chi connectivity index (χ0) is 12.7. The third-order valence-corrected chi connectivity index (χ3v) is 3.46. The molecule has 96 valence electrons. The van der Waals surface area contributed by atoms with Gasteiger partial charge in [-0.25, -0.2) is 0 Å². The highest BCUT2D eigenvalue weighted by atomic mass is 16.3. The van der Waals surface area contributed by atoms with Crippen LogP contribution in [0, 0.1) is 6.92 Å². The molecule has 2 N–H and O–H groups in total. The number of benzene rings is 1. The molecule has 0 aliphatic heterocycles. The zero-order valence-corrected chi connectivity index (χ0v) is 11.3. The van der Waals surface area contributed by atoms with Gasteiger partial charge in [0.15, 0.2) is 0 Å². The topological polar surface area (TPSA) is 32.3 Å². The summed E-state index contributed by atoms with van der Waals surface area (Å²) in [5, 5.41) is 12.9. The maximum atomic E-state index is 9.31. The Morgan fingerprint density at radius 3 is 2.29 bits per heavy atom. The van der Waals surface area contributed by atoms with Crippen molar-refractivity contribution in [3.63, 3.8) is 0 Å². The lowest BCUT2D eigenvalue weighted by molar-refractivity contribution is 0.204.